The summed E-state index contributed by atoms with van der Waals surface area (Å²) in [4.78, 5) is 1.65. The molecule has 0 radical (unpaired) electrons. The van der Waals surface area contributed by atoms with Crippen molar-refractivity contribution >= 4 is 6.98 Å². The van der Waals surface area contributed by atoms with E-state index in [4.69, 9.17) is 5.11 Å². The van der Waals surface area contributed by atoms with Gasteiger partial charge in [-0.2, -0.15) is 0 Å². The van der Waals surface area contributed by atoms with Gasteiger partial charge in [-0.1, -0.05) is 6.32 Å². The van der Waals surface area contributed by atoms with Crippen LogP contribution in [0.25, 0.3) is 0 Å². The van der Waals surface area contributed by atoms with Gasteiger partial charge < -0.3 is 23.0 Å². The first-order valence-electron chi connectivity index (χ1n) is 4.09. The Balaban J connectivity index is 0.00000144. The molecule has 0 amide bonds. The van der Waals surface area contributed by atoms with Crippen molar-refractivity contribution in [3.8, 4) is 0 Å². The van der Waals surface area contributed by atoms with E-state index in [2.05, 4.69) is 0 Å². The van der Waals surface area contributed by atoms with Gasteiger partial charge in [0, 0.05) is 13.1 Å². The van der Waals surface area contributed by atoms with Gasteiger partial charge in [0.15, 0.2) is 0 Å². The van der Waals surface area contributed by atoms with Gasteiger partial charge in [0.2, 0.25) is 0 Å². The van der Waals surface area contributed by atoms with Crippen molar-refractivity contribution in [3.05, 3.63) is 0 Å². The number of halogens is 3. The van der Waals surface area contributed by atoms with Crippen LogP contribution in [-0.2, 0) is 0 Å². The van der Waals surface area contributed by atoms with Crippen LogP contribution in [0.1, 0.15) is 6.42 Å². The SMILES string of the molecule is O[C@@H]1CCN(CC[B-](F)(F)F)C1.[K+]. The van der Waals surface area contributed by atoms with E-state index < -0.39 is 19.4 Å². The molecule has 72 valence electrons. The van der Waals surface area contributed by atoms with Crippen LogP contribution in [0.4, 0.5) is 12.9 Å². The van der Waals surface area contributed by atoms with Crippen LogP contribution >= 0.6 is 0 Å². The quantitative estimate of drug-likeness (QED) is 0.552. The number of hydrogen-bond acceptors (Lipinski definition) is 2. The van der Waals surface area contributed by atoms with Crippen molar-refractivity contribution in [2.75, 3.05) is 19.6 Å². The zero-order chi connectivity index (χ0) is 9.19. The average Bonchev–Trinajstić information content (AvgIpc) is 2.30. The van der Waals surface area contributed by atoms with Crippen LogP contribution in [0, 0.1) is 0 Å². The molecule has 1 fully saturated rings. The third kappa shape index (κ3) is 6.48. The maximum Gasteiger partial charge on any atom is 1.00 e. The van der Waals surface area contributed by atoms with Gasteiger partial charge in [-0.25, -0.2) is 0 Å². The topological polar surface area (TPSA) is 23.5 Å². The molecule has 0 aromatic carbocycles. The second kappa shape index (κ2) is 6.09. The third-order valence-electron chi connectivity index (χ3n) is 2.02. The van der Waals surface area contributed by atoms with Gasteiger partial charge in [0.25, 0.3) is 0 Å². The number of rotatable bonds is 3. The predicted molar refractivity (Wildman–Crippen MR) is 40.9 cm³/mol. The Bertz CT molecular complexity index is 157. The van der Waals surface area contributed by atoms with Crippen LogP contribution in [0.5, 0.6) is 0 Å². The smallest absolute Gasteiger partial charge is 0.449 e. The van der Waals surface area contributed by atoms with Crippen molar-refractivity contribution in [1.29, 1.82) is 0 Å². The predicted octanol–water partition coefficient (Wildman–Crippen LogP) is -2.10. The summed E-state index contributed by atoms with van der Waals surface area (Å²) in [6.07, 6.45) is -0.539. The number of nitrogens with zero attached hydrogens (tertiary/aromatic N) is 1. The first-order valence-corrected chi connectivity index (χ1v) is 4.09. The molecule has 1 aliphatic rings. The summed E-state index contributed by atoms with van der Waals surface area (Å²) in [5.41, 5.74) is 0. The van der Waals surface area contributed by atoms with E-state index in [1.54, 1.807) is 4.90 Å². The molecule has 13 heavy (non-hydrogen) atoms. The Morgan fingerprint density at radius 1 is 1.38 bits per heavy atom. The summed E-state index contributed by atoms with van der Waals surface area (Å²) in [5, 5.41) is 9.01. The zero-order valence-corrected chi connectivity index (χ0v) is 10.8. The van der Waals surface area contributed by atoms with Crippen LogP contribution in [0.2, 0.25) is 6.32 Å². The molecule has 1 rings (SSSR count). The second-order valence-corrected chi connectivity index (χ2v) is 3.24. The molecule has 0 unspecified atom stereocenters. The van der Waals surface area contributed by atoms with E-state index in [9.17, 15) is 12.9 Å². The number of β-amino-alcohol motifs (C(OH)–C–C–N with tert-alkyl or cyclic N) is 1. The van der Waals surface area contributed by atoms with Gasteiger partial charge >= 0.3 is 58.4 Å². The molecular formula is C6H12BF3KNO. The minimum atomic E-state index is -4.66. The number of aliphatic hydroxyl groups excluding tert-OH is 1. The first-order chi connectivity index (χ1) is 5.47. The fourth-order valence-corrected chi connectivity index (χ4v) is 1.34. The van der Waals surface area contributed by atoms with Crippen LogP contribution in [0.3, 0.4) is 0 Å². The van der Waals surface area contributed by atoms with Crippen molar-refractivity contribution < 1.29 is 69.4 Å². The molecule has 1 N–H and O–H groups in total. The van der Waals surface area contributed by atoms with Gasteiger partial charge in [0.05, 0.1) is 6.10 Å². The third-order valence-corrected chi connectivity index (χ3v) is 2.02. The summed E-state index contributed by atoms with van der Waals surface area (Å²) >= 11 is 0. The number of aliphatic hydroxyl groups is 1. The number of hydrogen-bond donors (Lipinski definition) is 1. The molecule has 0 aliphatic carbocycles. The van der Waals surface area contributed by atoms with E-state index in [0.29, 0.717) is 19.5 Å². The second-order valence-electron chi connectivity index (χ2n) is 3.24. The standard InChI is InChI=1S/C6H12BF3NO.K/c8-7(9,10)2-4-11-3-1-6(12)5-11;/h6,12H,1-5H2;/q-1;+1/t6-;/m1./s1. The van der Waals surface area contributed by atoms with E-state index in [1.807, 2.05) is 0 Å². The van der Waals surface area contributed by atoms with Crippen molar-refractivity contribution in [3.63, 3.8) is 0 Å². The normalized spacial score (nSPS) is 24.5. The molecule has 1 heterocycles. The molecule has 0 saturated carbocycles. The van der Waals surface area contributed by atoms with E-state index >= 15 is 0 Å². The Labute approximate surface area is 118 Å². The molecule has 0 bridgehead atoms. The Morgan fingerprint density at radius 3 is 2.38 bits per heavy atom. The minimum Gasteiger partial charge on any atom is -0.449 e. The maximum atomic E-state index is 11.8. The molecule has 1 aliphatic heterocycles. The minimum absolute atomic E-state index is 0. The molecule has 1 atom stereocenters. The fourth-order valence-electron chi connectivity index (χ4n) is 1.34. The van der Waals surface area contributed by atoms with Crippen LogP contribution in [-0.4, -0.2) is 42.7 Å². The van der Waals surface area contributed by atoms with Gasteiger partial charge in [-0.05, 0) is 13.0 Å². The van der Waals surface area contributed by atoms with E-state index in [1.165, 1.54) is 0 Å². The summed E-state index contributed by atoms with van der Waals surface area (Å²) in [6, 6.07) is 0. The number of likely N-dealkylation sites (tertiary alicyclic amines) is 1. The largest absolute Gasteiger partial charge is 1.00 e. The summed E-state index contributed by atoms with van der Waals surface area (Å²) < 4.78 is 35.3. The zero-order valence-electron chi connectivity index (χ0n) is 7.72. The molecule has 0 spiro atoms. The molecular weight excluding hydrogens is 209 g/mol. The van der Waals surface area contributed by atoms with Gasteiger partial charge in [0.1, 0.15) is 0 Å². The van der Waals surface area contributed by atoms with E-state index in [-0.39, 0.29) is 57.9 Å². The molecule has 2 nitrogen and oxygen atoms in total. The fraction of sp³-hybridized carbons (Fsp3) is 1.00. The van der Waals surface area contributed by atoms with Crippen molar-refractivity contribution in [2.45, 2.75) is 18.8 Å². The van der Waals surface area contributed by atoms with Crippen LogP contribution in [0.15, 0.2) is 0 Å². The van der Waals surface area contributed by atoms with E-state index in [0.717, 1.165) is 0 Å². The van der Waals surface area contributed by atoms with Crippen molar-refractivity contribution in [2.24, 2.45) is 0 Å². The average molecular weight is 221 g/mol. The first kappa shape index (κ1) is 14.4. The maximum absolute atomic E-state index is 11.8. The molecule has 1 saturated heterocycles. The summed E-state index contributed by atoms with van der Waals surface area (Å²) in [5.74, 6) is 0. The Hall–Kier alpha value is 1.41. The molecule has 7 heteroatoms. The summed E-state index contributed by atoms with van der Waals surface area (Å²) in [6.45, 7) is -3.63. The monoisotopic (exact) mass is 221 g/mol. The Morgan fingerprint density at radius 2 is 2.00 bits per heavy atom. The molecule has 0 aromatic heterocycles. The summed E-state index contributed by atoms with van der Waals surface area (Å²) in [7, 11) is 0. The van der Waals surface area contributed by atoms with Gasteiger partial charge in [-0.15, -0.1) is 0 Å². The van der Waals surface area contributed by atoms with Gasteiger partial charge in [-0.3, -0.25) is 0 Å². The van der Waals surface area contributed by atoms with Crippen molar-refractivity contribution in [1.82, 2.24) is 4.90 Å². The van der Waals surface area contributed by atoms with Crippen LogP contribution < -0.4 is 51.4 Å². The Kier molecular flexibility index (Phi) is 6.76. The molecule has 0 aromatic rings.